The molecule has 1 atom stereocenters. The van der Waals surface area contributed by atoms with Crippen LogP contribution in [0.4, 0.5) is 4.79 Å². The number of hydrogen-bond donors (Lipinski definition) is 2. The first-order valence-electron chi connectivity index (χ1n) is 13.1. The lowest BCUT2D eigenvalue weighted by Gasteiger charge is -2.41. The first-order valence-corrected chi connectivity index (χ1v) is 13.1. The molecule has 0 bridgehead atoms. The smallest absolute Gasteiger partial charge is 0.338 e. The number of nitrogens with zero attached hydrogens (tertiary/aromatic N) is 2. The number of amides is 2. The molecule has 1 aromatic carbocycles. The Morgan fingerprint density at radius 1 is 1.06 bits per heavy atom. The summed E-state index contributed by atoms with van der Waals surface area (Å²) in [7, 11) is 0. The number of carbonyl (C=O) groups is 2. The van der Waals surface area contributed by atoms with Gasteiger partial charge in [0.2, 0.25) is 0 Å². The van der Waals surface area contributed by atoms with Gasteiger partial charge in [0.15, 0.2) is 0 Å². The fourth-order valence-corrected chi connectivity index (χ4v) is 5.41. The molecule has 0 spiro atoms. The monoisotopic (exact) mass is 484 g/mol. The van der Waals surface area contributed by atoms with E-state index < -0.39 is 12.0 Å². The molecule has 4 rings (SSSR count). The first-order chi connectivity index (χ1) is 16.9. The van der Waals surface area contributed by atoms with Crippen molar-refractivity contribution in [3.63, 3.8) is 0 Å². The summed E-state index contributed by atoms with van der Waals surface area (Å²) in [6, 6.07) is 7.37. The highest BCUT2D eigenvalue weighted by atomic mass is 16.5. The Labute approximate surface area is 209 Å². The van der Waals surface area contributed by atoms with E-state index in [-0.39, 0.29) is 18.7 Å². The van der Waals surface area contributed by atoms with Crippen molar-refractivity contribution in [1.29, 1.82) is 0 Å². The summed E-state index contributed by atoms with van der Waals surface area (Å²) >= 11 is 0. The molecule has 1 saturated carbocycles. The quantitative estimate of drug-likeness (QED) is 0.549. The Bertz CT molecular complexity index is 900. The average molecular weight is 485 g/mol. The van der Waals surface area contributed by atoms with E-state index in [1.54, 1.807) is 6.92 Å². The summed E-state index contributed by atoms with van der Waals surface area (Å²) in [4.78, 5) is 30.7. The molecule has 0 radical (unpaired) electrons. The summed E-state index contributed by atoms with van der Waals surface area (Å²) < 4.78 is 11.2. The molecule has 1 unspecified atom stereocenters. The second kappa shape index (κ2) is 11.9. The van der Waals surface area contributed by atoms with Crippen molar-refractivity contribution in [2.75, 3.05) is 39.3 Å². The SMILES string of the molecule is CCOC(=O)C1=C(CN2CCN(C3CCCCC3)CC2)NC(=O)NC1c1ccc(OC(C)C)cc1. The van der Waals surface area contributed by atoms with Crippen LogP contribution in [0.15, 0.2) is 35.5 Å². The Morgan fingerprint density at radius 2 is 1.74 bits per heavy atom. The first kappa shape index (κ1) is 25.5. The van der Waals surface area contributed by atoms with E-state index in [0.29, 0.717) is 23.9 Å². The minimum Gasteiger partial charge on any atom is -0.491 e. The minimum absolute atomic E-state index is 0.0691. The zero-order valence-electron chi connectivity index (χ0n) is 21.3. The second-order valence-electron chi connectivity index (χ2n) is 9.98. The second-order valence-corrected chi connectivity index (χ2v) is 9.98. The van der Waals surface area contributed by atoms with Crippen LogP contribution in [0.5, 0.6) is 5.75 Å². The van der Waals surface area contributed by atoms with Crippen molar-refractivity contribution in [3.05, 3.63) is 41.1 Å². The number of esters is 1. The van der Waals surface area contributed by atoms with Crippen LogP contribution in [0, 0.1) is 0 Å². The van der Waals surface area contributed by atoms with Gasteiger partial charge in [-0.2, -0.15) is 0 Å². The third-order valence-corrected chi connectivity index (χ3v) is 7.11. The summed E-state index contributed by atoms with van der Waals surface area (Å²) in [6.45, 7) is 10.4. The topological polar surface area (TPSA) is 83.1 Å². The molecule has 2 fully saturated rings. The Kier molecular flexibility index (Phi) is 8.68. The van der Waals surface area contributed by atoms with E-state index in [1.165, 1.54) is 32.1 Å². The lowest BCUT2D eigenvalue weighted by molar-refractivity contribution is -0.139. The molecule has 2 N–H and O–H groups in total. The highest BCUT2D eigenvalue weighted by Gasteiger charge is 2.35. The van der Waals surface area contributed by atoms with Crippen LogP contribution in [0.1, 0.15) is 64.5 Å². The fourth-order valence-electron chi connectivity index (χ4n) is 5.41. The molecule has 0 aromatic heterocycles. The van der Waals surface area contributed by atoms with Gasteiger partial charge in [0.25, 0.3) is 0 Å². The zero-order valence-corrected chi connectivity index (χ0v) is 21.3. The van der Waals surface area contributed by atoms with E-state index in [1.807, 2.05) is 38.1 Å². The molecule has 1 aliphatic carbocycles. The van der Waals surface area contributed by atoms with Crippen molar-refractivity contribution >= 4 is 12.0 Å². The normalized spacial score (nSPS) is 22.6. The lowest BCUT2D eigenvalue weighted by Crippen LogP contribution is -2.53. The van der Waals surface area contributed by atoms with Crippen LogP contribution in [-0.2, 0) is 9.53 Å². The van der Waals surface area contributed by atoms with Gasteiger partial charge in [-0.05, 0) is 51.3 Å². The highest BCUT2D eigenvalue weighted by Crippen LogP contribution is 2.30. The van der Waals surface area contributed by atoms with E-state index in [4.69, 9.17) is 9.47 Å². The Balaban J connectivity index is 1.51. The van der Waals surface area contributed by atoms with Crippen LogP contribution in [0.25, 0.3) is 0 Å². The van der Waals surface area contributed by atoms with Crippen molar-refractivity contribution in [1.82, 2.24) is 20.4 Å². The molecule has 2 amide bonds. The van der Waals surface area contributed by atoms with Crippen LogP contribution in [0.2, 0.25) is 0 Å². The maximum absolute atomic E-state index is 13.1. The Hall–Kier alpha value is -2.58. The number of rotatable bonds is 8. The molecular formula is C27H40N4O4. The van der Waals surface area contributed by atoms with Crippen LogP contribution in [-0.4, -0.2) is 73.3 Å². The molecule has 2 aliphatic heterocycles. The molecule has 2 heterocycles. The summed E-state index contributed by atoms with van der Waals surface area (Å²) in [5, 5.41) is 5.84. The molecule has 192 valence electrons. The number of piperazine rings is 1. The summed E-state index contributed by atoms with van der Waals surface area (Å²) in [6.07, 6.45) is 6.73. The molecule has 8 heteroatoms. The average Bonchev–Trinajstić information content (AvgIpc) is 2.85. The molecule has 1 saturated heterocycles. The maximum atomic E-state index is 13.1. The number of ether oxygens (including phenoxy) is 2. The van der Waals surface area contributed by atoms with Gasteiger partial charge in [-0.25, -0.2) is 9.59 Å². The largest absolute Gasteiger partial charge is 0.491 e. The van der Waals surface area contributed by atoms with Gasteiger partial charge in [0, 0.05) is 44.5 Å². The van der Waals surface area contributed by atoms with E-state index in [2.05, 4.69) is 20.4 Å². The number of carbonyl (C=O) groups excluding carboxylic acids is 2. The molecular weight excluding hydrogens is 444 g/mol. The van der Waals surface area contributed by atoms with Gasteiger partial charge in [0.05, 0.1) is 24.3 Å². The van der Waals surface area contributed by atoms with E-state index >= 15 is 0 Å². The standard InChI is InChI=1S/C27H40N4O4/c1-4-34-26(32)24-23(18-30-14-16-31(17-15-30)21-8-6-5-7-9-21)28-27(33)29-25(24)20-10-12-22(13-11-20)35-19(2)3/h10-13,19,21,25H,4-9,14-18H2,1-3H3,(H2,28,29,33). The van der Waals surface area contributed by atoms with Crippen LogP contribution < -0.4 is 15.4 Å². The third-order valence-electron chi connectivity index (χ3n) is 7.11. The number of benzene rings is 1. The molecule has 3 aliphatic rings. The Morgan fingerprint density at radius 3 is 2.37 bits per heavy atom. The van der Waals surface area contributed by atoms with Crippen molar-refractivity contribution in [2.45, 2.75) is 71.1 Å². The van der Waals surface area contributed by atoms with Crippen molar-refractivity contribution in [3.8, 4) is 5.75 Å². The maximum Gasteiger partial charge on any atom is 0.338 e. The molecule has 8 nitrogen and oxygen atoms in total. The fraction of sp³-hybridized carbons (Fsp3) is 0.630. The number of urea groups is 1. The predicted octanol–water partition coefficient (Wildman–Crippen LogP) is 3.60. The molecule has 1 aromatic rings. The number of nitrogens with one attached hydrogen (secondary N) is 2. The lowest BCUT2D eigenvalue weighted by atomic mass is 9.93. The predicted molar refractivity (Wildman–Crippen MR) is 135 cm³/mol. The molecule has 35 heavy (non-hydrogen) atoms. The van der Waals surface area contributed by atoms with Crippen LogP contribution >= 0.6 is 0 Å². The van der Waals surface area contributed by atoms with Gasteiger partial charge in [-0.1, -0.05) is 31.4 Å². The van der Waals surface area contributed by atoms with Gasteiger partial charge in [-0.15, -0.1) is 0 Å². The zero-order chi connectivity index (χ0) is 24.8. The van der Waals surface area contributed by atoms with E-state index in [9.17, 15) is 9.59 Å². The summed E-state index contributed by atoms with van der Waals surface area (Å²) in [5.74, 6) is 0.352. The highest BCUT2D eigenvalue weighted by molar-refractivity contribution is 5.95. The van der Waals surface area contributed by atoms with Gasteiger partial charge >= 0.3 is 12.0 Å². The van der Waals surface area contributed by atoms with Gasteiger partial charge in [-0.3, -0.25) is 9.80 Å². The minimum atomic E-state index is -0.575. The van der Waals surface area contributed by atoms with Crippen molar-refractivity contribution < 1.29 is 19.1 Å². The van der Waals surface area contributed by atoms with Crippen molar-refractivity contribution in [2.24, 2.45) is 0 Å². The van der Waals surface area contributed by atoms with Gasteiger partial charge < -0.3 is 20.1 Å². The van der Waals surface area contributed by atoms with E-state index in [0.717, 1.165) is 37.5 Å². The van der Waals surface area contributed by atoms with Crippen LogP contribution in [0.3, 0.4) is 0 Å². The number of hydrogen-bond acceptors (Lipinski definition) is 6. The third kappa shape index (κ3) is 6.55. The van der Waals surface area contributed by atoms with Gasteiger partial charge in [0.1, 0.15) is 5.75 Å². The summed E-state index contributed by atoms with van der Waals surface area (Å²) in [5.41, 5.74) is 1.92.